The maximum atomic E-state index is 12.6. The van der Waals surface area contributed by atoms with Gasteiger partial charge in [-0.05, 0) is 23.6 Å². The molecule has 1 N–H and O–H groups in total. The zero-order valence-corrected chi connectivity index (χ0v) is 17.7. The van der Waals surface area contributed by atoms with Crippen LogP contribution in [0.25, 0.3) is 11.4 Å². The Morgan fingerprint density at radius 3 is 2.58 bits per heavy atom. The molecule has 0 aliphatic rings. The van der Waals surface area contributed by atoms with Crippen molar-refractivity contribution in [3.05, 3.63) is 66.1 Å². The molecule has 0 aliphatic carbocycles. The number of hydrogen-bond donors (Lipinski definition) is 1. The summed E-state index contributed by atoms with van der Waals surface area (Å²) >= 11 is 0. The highest BCUT2D eigenvalue weighted by molar-refractivity contribution is 5.85. The van der Waals surface area contributed by atoms with Gasteiger partial charge in [-0.15, -0.1) is 0 Å². The number of ether oxygens (including phenoxy) is 2. The summed E-state index contributed by atoms with van der Waals surface area (Å²) in [5.74, 6) is 0.229. The second-order valence-corrected chi connectivity index (χ2v) is 7.30. The molecule has 0 saturated heterocycles. The molecular formula is C23H25N3O5. The van der Waals surface area contributed by atoms with E-state index in [1.807, 2.05) is 62.4 Å². The van der Waals surface area contributed by atoms with Crippen LogP contribution in [0, 0.1) is 5.92 Å². The molecule has 1 atom stereocenters. The van der Waals surface area contributed by atoms with Gasteiger partial charge in [0.1, 0.15) is 11.8 Å². The third kappa shape index (κ3) is 6.15. The Balaban J connectivity index is 1.57. The van der Waals surface area contributed by atoms with E-state index in [-0.39, 0.29) is 30.7 Å². The van der Waals surface area contributed by atoms with Crippen LogP contribution in [-0.2, 0) is 27.4 Å². The van der Waals surface area contributed by atoms with E-state index >= 15 is 0 Å². The van der Waals surface area contributed by atoms with E-state index in [1.165, 1.54) is 0 Å². The zero-order chi connectivity index (χ0) is 22.2. The molecule has 0 saturated carbocycles. The molecule has 1 heterocycles. The second kappa shape index (κ2) is 10.4. The maximum Gasteiger partial charge on any atom is 0.329 e. The number of aromatic nitrogens is 2. The van der Waals surface area contributed by atoms with Crippen LogP contribution in [0.4, 0.5) is 0 Å². The van der Waals surface area contributed by atoms with Crippen LogP contribution in [0.1, 0.15) is 25.3 Å². The Morgan fingerprint density at radius 2 is 1.87 bits per heavy atom. The predicted molar refractivity (Wildman–Crippen MR) is 113 cm³/mol. The highest BCUT2D eigenvalue weighted by Gasteiger charge is 2.26. The van der Waals surface area contributed by atoms with Crippen LogP contribution in [0.2, 0.25) is 0 Å². The van der Waals surface area contributed by atoms with Crippen molar-refractivity contribution in [3.63, 3.8) is 0 Å². The minimum atomic E-state index is -0.781. The molecular weight excluding hydrogens is 398 g/mol. The van der Waals surface area contributed by atoms with Crippen LogP contribution in [0.3, 0.4) is 0 Å². The first-order chi connectivity index (χ1) is 15.0. The van der Waals surface area contributed by atoms with Crippen LogP contribution in [-0.4, -0.2) is 35.2 Å². The fraction of sp³-hybridized carbons (Fsp3) is 0.304. The van der Waals surface area contributed by atoms with E-state index < -0.39 is 12.0 Å². The zero-order valence-electron chi connectivity index (χ0n) is 17.7. The fourth-order valence-electron chi connectivity index (χ4n) is 2.92. The minimum absolute atomic E-state index is 0.151. The molecule has 0 unspecified atom stereocenters. The Hall–Kier alpha value is -3.68. The number of benzene rings is 2. The number of methoxy groups -OCH3 is 1. The summed E-state index contributed by atoms with van der Waals surface area (Å²) in [6.07, 6.45) is 0.185. The van der Waals surface area contributed by atoms with Gasteiger partial charge in [0.2, 0.25) is 11.7 Å². The van der Waals surface area contributed by atoms with Crippen molar-refractivity contribution < 1.29 is 23.6 Å². The van der Waals surface area contributed by atoms with Crippen LogP contribution < -0.4 is 10.1 Å². The van der Waals surface area contributed by atoms with Crippen molar-refractivity contribution in [2.45, 2.75) is 32.9 Å². The molecule has 2 aromatic carbocycles. The lowest BCUT2D eigenvalue weighted by atomic mass is 10.0. The van der Waals surface area contributed by atoms with Gasteiger partial charge in [-0.2, -0.15) is 4.98 Å². The van der Waals surface area contributed by atoms with E-state index in [0.29, 0.717) is 17.1 Å². The Kier molecular flexibility index (Phi) is 7.37. The molecule has 8 heteroatoms. The number of carbonyl (C=O) groups is 2. The summed E-state index contributed by atoms with van der Waals surface area (Å²) in [6, 6.07) is 15.8. The van der Waals surface area contributed by atoms with Crippen molar-refractivity contribution >= 4 is 11.9 Å². The predicted octanol–water partition coefficient (Wildman–Crippen LogP) is 3.17. The van der Waals surface area contributed by atoms with E-state index in [2.05, 4.69) is 15.5 Å². The van der Waals surface area contributed by atoms with Crippen molar-refractivity contribution in [3.8, 4) is 17.1 Å². The van der Waals surface area contributed by atoms with Gasteiger partial charge >= 0.3 is 5.97 Å². The summed E-state index contributed by atoms with van der Waals surface area (Å²) in [6.45, 7) is 3.48. The number of nitrogens with one attached hydrogen (secondary N) is 1. The Bertz CT molecular complexity index is 1020. The van der Waals surface area contributed by atoms with Gasteiger partial charge in [0.15, 0.2) is 6.61 Å². The summed E-state index contributed by atoms with van der Waals surface area (Å²) < 4.78 is 15.7. The molecule has 0 radical (unpaired) electrons. The van der Waals surface area contributed by atoms with Gasteiger partial charge in [0.25, 0.3) is 5.89 Å². The lowest BCUT2D eigenvalue weighted by molar-refractivity contribution is -0.151. The van der Waals surface area contributed by atoms with E-state index in [4.69, 9.17) is 14.0 Å². The number of nitrogens with zero attached hydrogens (tertiary/aromatic N) is 2. The molecule has 162 valence electrons. The standard InChI is InChI=1S/C23H25N3O5/c1-15(2)21(24-19(27)12-16-8-5-4-6-9-16)23(28)30-14-20-25-22(26-31-20)17-10-7-11-18(13-17)29-3/h4-11,13,15,21H,12,14H2,1-3H3,(H,24,27)/t21-/m0/s1. The number of rotatable bonds is 9. The first-order valence-corrected chi connectivity index (χ1v) is 9.93. The van der Waals surface area contributed by atoms with Gasteiger partial charge in [0.05, 0.1) is 13.5 Å². The lowest BCUT2D eigenvalue weighted by Crippen LogP contribution is -2.45. The highest BCUT2D eigenvalue weighted by Crippen LogP contribution is 2.21. The molecule has 1 amide bonds. The van der Waals surface area contributed by atoms with Crippen LogP contribution >= 0.6 is 0 Å². The first kappa shape index (κ1) is 22.0. The van der Waals surface area contributed by atoms with Crippen molar-refractivity contribution in [1.29, 1.82) is 0 Å². The first-order valence-electron chi connectivity index (χ1n) is 9.93. The van der Waals surface area contributed by atoms with Crippen LogP contribution in [0.5, 0.6) is 5.75 Å². The second-order valence-electron chi connectivity index (χ2n) is 7.30. The Morgan fingerprint density at radius 1 is 1.10 bits per heavy atom. The SMILES string of the molecule is COc1cccc(-c2noc(COC(=O)[C@@H](NC(=O)Cc3ccccc3)C(C)C)n2)c1. The molecule has 0 aliphatic heterocycles. The largest absolute Gasteiger partial charge is 0.497 e. The van der Waals surface area contributed by atoms with Crippen molar-refractivity contribution in [2.75, 3.05) is 7.11 Å². The molecule has 8 nitrogen and oxygen atoms in total. The van der Waals surface area contributed by atoms with Crippen molar-refractivity contribution in [2.24, 2.45) is 5.92 Å². The molecule has 0 fully saturated rings. The smallest absolute Gasteiger partial charge is 0.329 e. The van der Waals surface area contributed by atoms with Gasteiger partial charge < -0.3 is 19.3 Å². The summed E-state index contributed by atoms with van der Waals surface area (Å²) in [7, 11) is 1.57. The van der Waals surface area contributed by atoms with Crippen molar-refractivity contribution in [1.82, 2.24) is 15.5 Å². The number of esters is 1. The molecule has 1 aromatic heterocycles. The summed E-state index contributed by atoms with van der Waals surface area (Å²) in [5.41, 5.74) is 1.58. The lowest BCUT2D eigenvalue weighted by Gasteiger charge is -2.20. The summed E-state index contributed by atoms with van der Waals surface area (Å²) in [5, 5.41) is 6.66. The van der Waals surface area contributed by atoms with E-state index in [9.17, 15) is 9.59 Å². The number of carbonyl (C=O) groups excluding carboxylic acids is 2. The van der Waals surface area contributed by atoms with E-state index in [0.717, 1.165) is 5.56 Å². The van der Waals surface area contributed by atoms with Gasteiger partial charge in [-0.3, -0.25) is 4.79 Å². The van der Waals surface area contributed by atoms with Crippen LogP contribution in [0.15, 0.2) is 59.1 Å². The Labute approximate surface area is 180 Å². The van der Waals surface area contributed by atoms with Gasteiger partial charge in [0, 0.05) is 5.56 Å². The molecule has 31 heavy (non-hydrogen) atoms. The van der Waals surface area contributed by atoms with E-state index in [1.54, 1.807) is 13.2 Å². The third-order valence-corrected chi connectivity index (χ3v) is 4.58. The molecule has 3 aromatic rings. The number of amides is 1. The van der Waals surface area contributed by atoms with Gasteiger partial charge in [-0.1, -0.05) is 61.5 Å². The monoisotopic (exact) mass is 423 g/mol. The molecule has 3 rings (SSSR count). The number of hydrogen-bond acceptors (Lipinski definition) is 7. The average molecular weight is 423 g/mol. The minimum Gasteiger partial charge on any atom is -0.497 e. The fourth-order valence-corrected chi connectivity index (χ4v) is 2.92. The third-order valence-electron chi connectivity index (χ3n) is 4.58. The molecule has 0 bridgehead atoms. The highest BCUT2D eigenvalue weighted by atomic mass is 16.6. The average Bonchev–Trinajstić information content (AvgIpc) is 3.25. The molecule has 0 spiro atoms. The quantitative estimate of drug-likeness (QED) is 0.527. The topological polar surface area (TPSA) is 104 Å². The maximum absolute atomic E-state index is 12.6. The normalized spacial score (nSPS) is 11.7. The summed E-state index contributed by atoms with van der Waals surface area (Å²) in [4.78, 5) is 29.2. The van der Waals surface area contributed by atoms with Gasteiger partial charge in [-0.25, -0.2) is 4.79 Å².